The minimum Gasteiger partial charge on any atom is -0.379 e. The van der Waals surface area contributed by atoms with Crippen LogP contribution in [0, 0.1) is 0 Å². The first-order valence-electron chi connectivity index (χ1n) is 2.17. The lowest BCUT2D eigenvalue weighted by molar-refractivity contribution is 0.133. The Morgan fingerprint density at radius 2 is 2.57 bits per heavy atom. The predicted molar refractivity (Wildman–Crippen MR) is 24.6 cm³/mol. The fourth-order valence-corrected chi connectivity index (χ4v) is 0.344. The summed E-state index contributed by atoms with van der Waals surface area (Å²) in [4.78, 5) is 4.59. The summed E-state index contributed by atoms with van der Waals surface area (Å²) < 4.78 is 0. The van der Waals surface area contributed by atoms with E-state index >= 15 is 0 Å². The normalized spacial score (nSPS) is 18.3. The Morgan fingerprint density at radius 1 is 1.57 bits per heavy atom. The van der Waals surface area contributed by atoms with Crippen LogP contribution in [0.3, 0.4) is 0 Å². The standard InChI is InChI=1S/C4H6N2O/c1-2-4-7-6-5-3-1/h1,3H,2,4H2. The molecule has 38 valence electrons. The number of nitrogens with zero attached hydrogens (tertiary/aromatic N) is 2. The average molecular weight is 98.1 g/mol. The third-order valence-corrected chi connectivity index (χ3v) is 0.653. The maximum Gasteiger partial charge on any atom is 0.122 e. The summed E-state index contributed by atoms with van der Waals surface area (Å²) >= 11 is 0. The van der Waals surface area contributed by atoms with Gasteiger partial charge < -0.3 is 4.84 Å². The maximum absolute atomic E-state index is 4.59. The zero-order valence-electron chi connectivity index (χ0n) is 3.87. The Labute approximate surface area is 41.7 Å². The summed E-state index contributed by atoms with van der Waals surface area (Å²) in [5.41, 5.74) is 0. The van der Waals surface area contributed by atoms with Crippen LogP contribution in [-0.2, 0) is 4.84 Å². The van der Waals surface area contributed by atoms with Gasteiger partial charge in [0.2, 0.25) is 0 Å². The molecule has 0 unspecified atom stereocenters. The topological polar surface area (TPSA) is 34.0 Å². The van der Waals surface area contributed by atoms with Crippen molar-refractivity contribution in [1.29, 1.82) is 0 Å². The molecule has 0 N–H and O–H groups in total. The molecule has 0 bridgehead atoms. The molecule has 0 fully saturated rings. The molecule has 1 heterocycles. The fraction of sp³-hybridized carbons (Fsp3) is 0.500. The molecule has 3 nitrogen and oxygen atoms in total. The van der Waals surface area contributed by atoms with Crippen molar-refractivity contribution in [2.75, 3.05) is 6.61 Å². The summed E-state index contributed by atoms with van der Waals surface area (Å²) in [7, 11) is 0. The molecule has 0 aliphatic carbocycles. The highest BCUT2D eigenvalue weighted by molar-refractivity contribution is 4.78. The molecule has 1 aliphatic heterocycles. The second kappa shape index (κ2) is 2.34. The Kier molecular flexibility index (Phi) is 1.44. The van der Waals surface area contributed by atoms with Crippen molar-refractivity contribution in [2.45, 2.75) is 6.42 Å². The van der Waals surface area contributed by atoms with Gasteiger partial charge in [-0.2, -0.15) is 0 Å². The Balaban J connectivity index is 2.39. The third kappa shape index (κ3) is 1.34. The second-order valence-electron chi connectivity index (χ2n) is 1.20. The third-order valence-electron chi connectivity index (χ3n) is 0.653. The van der Waals surface area contributed by atoms with E-state index in [1.54, 1.807) is 6.20 Å². The van der Waals surface area contributed by atoms with E-state index in [9.17, 15) is 0 Å². The molecule has 7 heavy (non-hydrogen) atoms. The molecule has 0 amide bonds. The van der Waals surface area contributed by atoms with Gasteiger partial charge in [-0.3, -0.25) is 0 Å². The summed E-state index contributed by atoms with van der Waals surface area (Å²) in [6.45, 7) is 0.653. The van der Waals surface area contributed by atoms with Crippen LogP contribution in [0.5, 0.6) is 0 Å². The van der Waals surface area contributed by atoms with Gasteiger partial charge in [-0.05, 0) is 0 Å². The van der Waals surface area contributed by atoms with Crippen LogP contribution in [0.2, 0.25) is 0 Å². The average Bonchev–Trinajstić information content (AvgIpc) is 1.90. The minimum absolute atomic E-state index is 0.653. The van der Waals surface area contributed by atoms with Gasteiger partial charge in [0.15, 0.2) is 0 Å². The summed E-state index contributed by atoms with van der Waals surface area (Å²) in [5, 5.41) is 6.80. The van der Waals surface area contributed by atoms with Crippen molar-refractivity contribution in [1.82, 2.24) is 0 Å². The zero-order chi connectivity index (χ0) is 4.95. The monoisotopic (exact) mass is 98.0 g/mol. The van der Waals surface area contributed by atoms with E-state index in [1.807, 2.05) is 6.08 Å². The largest absolute Gasteiger partial charge is 0.379 e. The molecule has 0 aromatic carbocycles. The van der Waals surface area contributed by atoms with Gasteiger partial charge in [-0.25, -0.2) is 0 Å². The van der Waals surface area contributed by atoms with E-state index in [0.29, 0.717) is 6.61 Å². The van der Waals surface area contributed by atoms with Crippen molar-refractivity contribution in [3.8, 4) is 0 Å². The summed E-state index contributed by atoms with van der Waals surface area (Å²) in [5.74, 6) is 0. The van der Waals surface area contributed by atoms with Crippen LogP contribution in [0.25, 0.3) is 0 Å². The van der Waals surface area contributed by atoms with E-state index < -0.39 is 0 Å². The van der Waals surface area contributed by atoms with E-state index in [4.69, 9.17) is 0 Å². The summed E-state index contributed by atoms with van der Waals surface area (Å²) in [6.07, 6.45) is 4.45. The van der Waals surface area contributed by atoms with Crippen LogP contribution in [0.15, 0.2) is 22.7 Å². The van der Waals surface area contributed by atoms with Crippen LogP contribution >= 0.6 is 0 Å². The summed E-state index contributed by atoms with van der Waals surface area (Å²) in [6, 6.07) is 0. The first-order chi connectivity index (χ1) is 3.50. The van der Waals surface area contributed by atoms with Crippen molar-refractivity contribution >= 4 is 0 Å². The van der Waals surface area contributed by atoms with Crippen LogP contribution < -0.4 is 0 Å². The molecule has 0 radical (unpaired) electrons. The second-order valence-corrected chi connectivity index (χ2v) is 1.20. The van der Waals surface area contributed by atoms with Crippen molar-refractivity contribution in [3.05, 3.63) is 12.3 Å². The Hall–Kier alpha value is -0.860. The maximum atomic E-state index is 4.59. The minimum atomic E-state index is 0.653. The molecular formula is C4H6N2O. The molecule has 0 atom stereocenters. The van der Waals surface area contributed by atoms with Gasteiger partial charge in [0.05, 0.1) is 0 Å². The van der Waals surface area contributed by atoms with Gasteiger partial charge in [-0.1, -0.05) is 6.08 Å². The highest BCUT2D eigenvalue weighted by Gasteiger charge is 1.82. The lowest BCUT2D eigenvalue weighted by atomic mass is 10.4. The first kappa shape index (κ1) is 4.30. The molecule has 0 aromatic heterocycles. The molecule has 1 rings (SSSR count). The molecule has 0 aromatic rings. The first-order valence-corrected chi connectivity index (χ1v) is 2.17. The lowest BCUT2D eigenvalue weighted by Crippen LogP contribution is -1.79. The van der Waals surface area contributed by atoms with Crippen molar-refractivity contribution < 1.29 is 4.84 Å². The SMILES string of the molecule is C1=CN=NOCC1. The van der Waals surface area contributed by atoms with Gasteiger partial charge >= 0.3 is 0 Å². The van der Waals surface area contributed by atoms with E-state index in [-0.39, 0.29) is 0 Å². The highest BCUT2D eigenvalue weighted by atomic mass is 16.6. The quantitative estimate of drug-likeness (QED) is 0.449. The molecule has 3 heteroatoms. The molecule has 0 saturated carbocycles. The van der Waals surface area contributed by atoms with Crippen molar-refractivity contribution in [3.63, 3.8) is 0 Å². The molecular weight excluding hydrogens is 92.1 g/mol. The highest BCUT2D eigenvalue weighted by Crippen LogP contribution is 1.92. The lowest BCUT2D eigenvalue weighted by Gasteiger charge is -1.85. The van der Waals surface area contributed by atoms with Gasteiger partial charge in [0.25, 0.3) is 0 Å². The van der Waals surface area contributed by atoms with Gasteiger partial charge in [-0.15, -0.1) is 5.11 Å². The van der Waals surface area contributed by atoms with Crippen LogP contribution in [0.4, 0.5) is 0 Å². The van der Waals surface area contributed by atoms with Crippen LogP contribution in [-0.4, -0.2) is 6.61 Å². The Bertz CT molecular complexity index is 85.9. The predicted octanol–water partition coefficient (Wildman–Crippen LogP) is 1.29. The van der Waals surface area contributed by atoms with E-state index in [1.165, 1.54) is 0 Å². The number of rotatable bonds is 0. The van der Waals surface area contributed by atoms with Gasteiger partial charge in [0, 0.05) is 17.9 Å². The number of hydrogen-bond donors (Lipinski definition) is 0. The van der Waals surface area contributed by atoms with Crippen LogP contribution in [0.1, 0.15) is 6.42 Å². The smallest absolute Gasteiger partial charge is 0.122 e. The van der Waals surface area contributed by atoms with Gasteiger partial charge in [0.1, 0.15) is 6.61 Å². The molecule has 1 aliphatic rings. The molecule has 0 saturated heterocycles. The van der Waals surface area contributed by atoms with Crippen molar-refractivity contribution in [2.24, 2.45) is 10.4 Å². The Morgan fingerprint density at radius 3 is 3.57 bits per heavy atom. The zero-order valence-corrected chi connectivity index (χ0v) is 3.87. The van der Waals surface area contributed by atoms with E-state index in [0.717, 1.165) is 6.42 Å². The fourth-order valence-electron chi connectivity index (χ4n) is 0.344. The number of hydrogen-bond acceptors (Lipinski definition) is 3. The molecule has 0 spiro atoms. The van der Waals surface area contributed by atoms with E-state index in [2.05, 4.69) is 15.2 Å².